The van der Waals surface area contributed by atoms with E-state index in [9.17, 15) is 8.42 Å². The molecule has 0 aromatic heterocycles. The third kappa shape index (κ3) is 3.85. The molecule has 0 saturated heterocycles. The Hall–Kier alpha value is -1.35. The van der Waals surface area contributed by atoms with Crippen LogP contribution in [0.15, 0.2) is 23.1 Å². The molecule has 0 aliphatic heterocycles. The summed E-state index contributed by atoms with van der Waals surface area (Å²) in [5.74, 6) is 6.04. The zero-order valence-corrected chi connectivity index (χ0v) is 13.5. The quantitative estimate of drug-likeness (QED) is 0.833. The molecular formula is C16H22N2O2S. The molecule has 0 bridgehead atoms. The smallest absolute Gasteiger partial charge is 0.241 e. The van der Waals surface area contributed by atoms with E-state index < -0.39 is 15.6 Å². The number of benzene rings is 1. The highest BCUT2D eigenvalue weighted by Crippen LogP contribution is 2.40. The summed E-state index contributed by atoms with van der Waals surface area (Å²) in [4.78, 5) is 0.292. The van der Waals surface area contributed by atoms with Crippen LogP contribution in [0.3, 0.4) is 0 Å². The Kier molecular flexibility index (Phi) is 4.43. The van der Waals surface area contributed by atoms with Gasteiger partial charge in [0, 0.05) is 11.1 Å². The Bertz CT molecular complexity index is 693. The molecule has 4 nitrogen and oxygen atoms in total. The molecule has 1 aliphatic rings. The molecule has 3 N–H and O–H groups in total. The van der Waals surface area contributed by atoms with Gasteiger partial charge < -0.3 is 5.73 Å². The summed E-state index contributed by atoms with van der Waals surface area (Å²) in [6.07, 6.45) is 2.16. The molecule has 0 amide bonds. The fourth-order valence-electron chi connectivity index (χ4n) is 2.41. The van der Waals surface area contributed by atoms with Crippen molar-refractivity contribution in [3.05, 3.63) is 29.3 Å². The van der Waals surface area contributed by atoms with Gasteiger partial charge in [0.1, 0.15) is 0 Å². The van der Waals surface area contributed by atoms with Gasteiger partial charge in [-0.25, -0.2) is 13.1 Å². The van der Waals surface area contributed by atoms with E-state index in [0.717, 1.165) is 12.8 Å². The first-order valence-electron chi connectivity index (χ1n) is 7.10. The van der Waals surface area contributed by atoms with Crippen molar-refractivity contribution < 1.29 is 8.42 Å². The van der Waals surface area contributed by atoms with Gasteiger partial charge in [-0.2, -0.15) is 0 Å². The number of aryl methyl sites for hydroxylation is 1. The number of sulfonamides is 1. The van der Waals surface area contributed by atoms with Crippen LogP contribution in [-0.4, -0.2) is 20.5 Å². The largest absolute Gasteiger partial charge is 0.320 e. The minimum atomic E-state index is -3.55. The second kappa shape index (κ2) is 5.80. The van der Waals surface area contributed by atoms with E-state index in [2.05, 4.69) is 16.6 Å². The lowest BCUT2D eigenvalue weighted by atomic mass is 10.0. The summed E-state index contributed by atoms with van der Waals surface area (Å²) >= 11 is 0. The first-order chi connectivity index (χ1) is 9.76. The fourth-order valence-corrected chi connectivity index (χ4v) is 4.15. The van der Waals surface area contributed by atoms with Crippen molar-refractivity contribution in [3.8, 4) is 11.8 Å². The molecule has 1 fully saturated rings. The zero-order valence-electron chi connectivity index (χ0n) is 12.7. The van der Waals surface area contributed by atoms with Crippen LogP contribution < -0.4 is 10.5 Å². The van der Waals surface area contributed by atoms with Crippen molar-refractivity contribution in [2.24, 2.45) is 11.7 Å². The van der Waals surface area contributed by atoms with Crippen LogP contribution >= 0.6 is 0 Å². The normalized spacial score (nSPS) is 15.4. The third-order valence-corrected chi connectivity index (χ3v) is 5.62. The van der Waals surface area contributed by atoms with E-state index in [1.54, 1.807) is 19.1 Å². The first-order valence-corrected chi connectivity index (χ1v) is 8.58. The van der Waals surface area contributed by atoms with Gasteiger partial charge in [0.25, 0.3) is 0 Å². The number of hydrogen-bond donors (Lipinski definition) is 2. The molecule has 0 unspecified atom stereocenters. The van der Waals surface area contributed by atoms with Gasteiger partial charge in [0.2, 0.25) is 10.0 Å². The van der Waals surface area contributed by atoms with Crippen LogP contribution in [0.4, 0.5) is 0 Å². The number of hydrogen-bond acceptors (Lipinski definition) is 3. The summed E-state index contributed by atoms with van der Waals surface area (Å²) in [5.41, 5.74) is 6.31. The Morgan fingerprint density at radius 1 is 1.38 bits per heavy atom. The van der Waals surface area contributed by atoms with Crippen LogP contribution in [0.1, 0.15) is 37.8 Å². The second-order valence-corrected chi connectivity index (χ2v) is 7.74. The molecule has 2 rings (SSSR count). The zero-order chi connectivity index (χ0) is 15.7. The molecule has 1 aromatic rings. The average molecular weight is 306 g/mol. The highest BCUT2D eigenvalue weighted by atomic mass is 32.2. The van der Waals surface area contributed by atoms with Crippen molar-refractivity contribution >= 4 is 10.0 Å². The molecule has 0 atom stereocenters. The highest BCUT2D eigenvalue weighted by molar-refractivity contribution is 7.89. The Balaban J connectivity index is 2.34. The van der Waals surface area contributed by atoms with Gasteiger partial charge in [-0.05, 0) is 57.2 Å². The van der Waals surface area contributed by atoms with Gasteiger partial charge in [-0.1, -0.05) is 17.9 Å². The molecular weight excluding hydrogens is 284 g/mol. The lowest BCUT2D eigenvalue weighted by molar-refractivity contribution is 0.400. The Morgan fingerprint density at radius 3 is 2.62 bits per heavy atom. The summed E-state index contributed by atoms with van der Waals surface area (Å²) in [5, 5.41) is 0. The maximum atomic E-state index is 12.6. The molecule has 0 radical (unpaired) electrons. The number of rotatable bonds is 4. The minimum absolute atomic E-state index is 0.253. The van der Waals surface area contributed by atoms with E-state index in [1.165, 1.54) is 0 Å². The standard InChI is InChI=1S/C16H22N2O2S/c1-12-6-7-13(5-4-10-17)11-15(12)21(19,20)18-16(2,3)14-8-9-14/h6-7,11,14,18H,8-10,17H2,1-3H3. The predicted molar refractivity (Wildman–Crippen MR) is 84.2 cm³/mol. The van der Waals surface area contributed by atoms with Crippen LogP contribution in [0.5, 0.6) is 0 Å². The number of nitrogens with one attached hydrogen (secondary N) is 1. The SMILES string of the molecule is Cc1ccc(C#CCN)cc1S(=O)(=O)NC(C)(C)C1CC1. The summed E-state index contributed by atoms with van der Waals surface area (Å²) in [7, 11) is -3.55. The van der Waals surface area contributed by atoms with E-state index in [0.29, 0.717) is 21.9 Å². The van der Waals surface area contributed by atoms with Gasteiger partial charge >= 0.3 is 0 Å². The van der Waals surface area contributed by atoms with Crippen LogP contribution in [0.25, 0.3) is 0 Å². The van der Waals surface area contributed by atoms with Crippen molar-refractivity contribution in [1.82, 2.24) is 4.72 Å². The minimum Gasteiger partial charge on any atom is -0.320 e. The molecule has 5 heteroatoms. The maximum absolute atomic E-state index is 12.6. The van der Waals surface area contributed by atoms with Crippen LogP contribution in [-0.2, 0) is 10.0 Å². The molecule has 0 heterocycles. The maximum Gasteiger partial charge on any atom is 0.241 e. The predicted octanol–water partition coefficient (Wildman–Crippen LogP) is 1.77. The van der Waals surface area contributed by atoms with Crippen molar-refractivity contribution in [2.75, 3.05) is 6.54 Å². The second-order valence-electron chi connectivity index (χ2n) is 6.09. The average Bonchev–Trinajstić information content (AvgIpc) is 3.21. The fraction of sp³-hybridized carbons (Fsp3) is 0.500. The van der Waals surface area contributed by atoms with Crippen molar-refractivity contribution in [3.63, 3.8) is 0 Å². The van der Waals surface area contributed by atoms with Crippen molar-refractivity contribution in [2.45, 2.75) is 44.0 Å². The third-order valence-electron chi connectivity index (χ3n) is 3.81. The molecule has 114 valence electrons. The summed E-state index contributed by atoms with van der Waals surface area (Å²) in [6, 6.07) is 5.20. The van der Waals surface area contributed by atoms with Crippen molar-refractivity contribution in [1.29, 1.82) is 0 Å². The number of nitrogens with two attached hydrogens (primary N) is 1. The van der Waals surface area contributed by atoms with E-state index in [4.69, 9.17) is 5.73 Å². The van der Waals surface area contributed by atoms with Gasteiger partial charge in [-0.15, -0.1) is 0 Å². The highest BCUT2D eigenvalue weighted by Gasteiger charge is 2.40. The Morgan fingerprint density at radius 2 is 2.05 bits per heavy atom. The topological polar surface area (TPSA) is 72.2 Å². The van der Waals surface area contributed by atoms with Crippen LogP contribution in [0, 0.1) is 24.7 Å². The molecule has 0 spiro atoms. The molecule has 21 heavy (non-hydrogen) atoms. The van der Waals surface area contributed by atoms with Gasteiger partial charge in [0.15, 0.2) is 0 Å². The molecule has 1 aliphatic carbocycles. The van der Waals surface area contributed by atoms with E-state index >= 15 is 0 Å². The lowest BCUT2D eigenvalue weighted by Crippen LogP contribution is -2.45. The van der Waals surface area contributed by atoms with Crippen LogP contribution in [0.2, 0.25) is 0 Å². The monoisotopic (exact) mass is 306 g/mol. The Labute approximate surface area is 127 Å². The molecule has 1 aromatic carbocycles. The molecule has 1 saturated carbocycles. The summed E-state index contributed by atoms with van der Waals surface area (Å²) in [6.45, 7) is 5.92. The van der Waals surface area contributed by atoms with Gasteiger partial charge in [-0.3, -0.25) is 0 Å². The van der Waals surface area contributed by atoms with E-state index in [-0.39, 0.29) is 6.54 Å². The summed E-state index contributed by atoms with van der Waals surface area (Å²) < 4.78 is 28.1. The first kappa shape index (κ1) is 16.0. The lowest BCUT2D eigenvalue weighted by Gasteiger charge is -2.26. The van der Waals surface area contributed by atoms with Gasteiger partial charge in [0.05, 0.1) is 11.4 Å². The van der Waals surface area contributed by atoms with E-state index in [1.807, 2.05) is 19.9 Å².